The van der Waals surface area contributed by atoms with E-state index in [9.17, 15) is 0 Å². The number of rotatable bonds is 3. The maximum Gasteiger partial charge on any atom is 0.127 e. The van der Waals surface area contributed by atoms with Crippen molar-refractivity contribution in [3.8, 4) is 0 Å². The van der Waals surface area contributed by atoms with E-state index >= 15 is 0 Å². The molecule has 0 spiro atoms. The van der Waals surface area contributed by atoms with E-state index in [1.54, 1.807) is 0 Å². The van der Waals surface area contributed by atoms with Gasteiger partial charge in [0.05, 0.1) is 16.4 Å². The van der Waals surface area contributed by atoms with E-state index in [1.807, 2.05) is 6.92 Å². The quantitative estimate of drug-likeness (QED) is 0.727. The van der Waals surface area contributed by atoms with Crippen LogP contribution in [0.25, 0.3) is 11.0 Å². The molecule has 2 nitrogen and oxygen atoms in total. The minimum absolute atomic E-state index is 0.0594. The first-order valence-corrected chi connectivity index (χ1v) is 6.61. The van der Waals surface area contributed by atoms with Gasteiger partial charge in [-0.15, -0.1) is 11.6 Å². The average Bonchev–Trinajstić information content (AvgIpc) is 2.69. The van der Waals surface area contributed by atoms with Crippen LogP contribution in [0.1, 0.15) is 50.0 Å². The minimum atomic E-state index is -0.0594. The van der Waals surface area contributed by atoms with Crippen molar-refractivity contribution >= 4 is 22.6 Å². The van der Waals surface area contributed by atoms with E-state index in [4.69, 9.17) is 16.6 Å². The fraction of sp³-hybridized carbons (Fsp3) is 0.500. The molecule has 3 heteroatoms. The van der Waals surface area contributed by atoms with E-state index in [-0.39, 0.29) is 5.38 Å². The van der Waals surface area contributed by atoms with Gasteiger partial charge in [-0.25, -0.2) is 4.98 Å². The van der Waals surface area contributed by atoms with Crippen molar-refractivity contribution in [3.05, 3.63) is 29.6 Å². The Labute approximate surface area is 108 Å². The van der Waals surface area contributed by atoms with Crippen molar-refractivity contribution in [3.63, 3.8) is 0 Å². The number of fused-ring (bicyclic) bond motifs is 1. The number of halogens is 1. The Morgan fingerprint density at radius 2 is 2.06 bits per heavy atom. The van der Waals surface area contributed by atoms with Crippen molar-refractivity contribution < 1.29 is 0 Å². The number of aryl methyl sites for hydroxylation is 1. The van der Waals surface area contributed by atoms with Crippen LogP contribution in [0.3, 0.4) is 0 Å². The third kappa shape index (κ3) is 2.06. The molecule has 17 heavy (non-hydrogen) atoms. The smallest absolute Gasteiger partial charge is 0.127 e. The lowest BCUT2D eigenvalue weighted by atomic mass is 10.2. The molecule has 0 aliphatic rings. The maximum absolute atomic E-state index is 6.25. The van der Waals surface area contributed by atoms with Gasteiger partial charge in [0.25, 0.3) is 0 Å². The van der Waals surface area contributed by atoms with Crippen LogP contribution in [-0.2, 0) is 0 Å². The van der Waals surface area contributed by atoms with Crippen molar-refractivity contribution in [2.75, 3.05) is 0 Å². The molecule has 0 bridgehead atoms. The number of aromatic nitrogens is 2. The minimum Gasteiger partial charge on any atom is -0.324 e. The zero-order valence-electron chi connectivity index (χ0n) is 10.9. The molecule has 2 rings (SSSR count). The molecule has 0 aliphatic carbocycles. The van der Waals surface area contributed by atoms with Gasteiger partial charge in [-0.2, -0.15) is 0 Å². The maximum atomic E-state index is 6.25. The molecule has 1 aromatic carbocycles. The molecule has 2 atom stereocenters. The fourth-order valence-electron chi connectivity index (χ4n) is 2.20. The lowest BCUT2D eigenvalue weighted by Gasteiger charge is -2.16. The number of hydrogen-bond donors (Lipinski definition) is 0. The molecule has 92 valence electrons. The van der Waals surface area contributed by atoms with Gasteiger partial charge in [-0.3, -0.25) is 0 Å². The van der Waals surface area contributed by atoms with E-state index in [0.29, 0.717) is 6.04 Å². The third-order valence-corrected chi connectivity index (χ3v) is 3.53. The van der Waals surface area contributed by atoms with Crippen LogP contribution < -0.4 is 0 Å². The second-order valence-electron chi connectivity index (χ2n) is 4.66. The number of alkyl halides is 1. The lowest BCUT2D eigenvalue weighted by molar-refractivity contribution is 0.522. The summed E-state index contributed by atoms with van der Waals surface area (Å²) in [6.45, 7) is 8.48. The molecule has 0 radical (unpaired) electrons. The summed E-state index contributed by atoms with van der Waals surface area (Å²) in [5.74, 6) is 0.977. The standard InChI is InChI=1S/C14H19ClN2/c1-5-10(3)17-12-8-6-7-9(2)13(12)16-14(17)11(4)15/h6-8,10-11H,5H2,1-4H3. The number of benzene rings is 1. The second-order valence-corrected chi connectivity index (χ2v) is 5.31. The first kappa shape index (κ1) is 12.4. The van der Waals surface area contributed by atoms with Gasteiger partial charge < -0.3 is 4.57 Å². The summed E-state index contributed by atoms with van der Waals surface area (Å²) in [4.78, 5) is 4.71. The molecule has 0 aliphatic heterocycles. The van der Waals surface area contributed by atoms with Crippen molar-refractivity contribution in [1.29, 1.82) is 0 Å². The topological polar surface area (TPSA) is 17.8 Å². The monoisotopic (exact) mass is 250 g/mol. The first-order valence-electron chi connectivity index (χ1n) is 6.17. The summed E-state index contributed by atoms with van der Waals surface area (Å²) < 4.78 is 2.28. The van der Waals surface area contributed by atoms with Crippen LogP contribution in [0.2, 0.25) is 0 Å². The van der Waals surface area contributed by atoms with E-state index in [0.717, 1.165) is 17.8 Å². The van der Waals surface area contributed by atoms with Crippen LogP contribution in [-0.4, -0.2) is 9.55 Å². The Morgan fingerprint density at radius 3 is 2.65 bits per heavy atom. The summed E-state index contributed by atoms with van der Waals surface area (Å²) in [6.07, 6.45) is 1.08. The zero-order valence-corrected chi connectivity index (χ0v) is 11.6. The summed E-state index contributed by atoms with van der Waals surface area (Å²) in [5, 5.41) is -0.0594. The summed E-state index contributed by atoms with van der Waals surface area (Å²) in [5.41, 5.74) is 3.49. The van der Waals surface area contributed by atoms with Crippen molar-refractivity contribution in [1.82, 2.24) is 9.55 Å². The summed E-state index contributed by atoms with van der Waals surface area (Å²) in [6, 6.07) is 6.74. The Hall–Kier alpha value is -1.02. The highest BCUT2D eigenvalue weighted by Crippen LogP contribution is 2.30. The Morgan fingerprint density at radius 1 is 1.35 bits per heavy atom. The van der Waals surface area contributed by atoms with E-state index in [1.165, 1.54) is 11.1 Å². The van der Waals surface area contributed by atoms with E-state index < -0.39 is 0 Å². The highest BCUT2D eigenvalue weighted by molar-refractivity contribution is 6.20. The Bertz CT molecular complexity index is 528. The molecule has 0 saturated heterocycles. The van der Waals surface area contributed by atoms with Crippen molar-refractivity contribution in [2.24, 2.45) is 0 Å². The van der Waals surface area contributed by atoms with Gasteiger partial charge in [-0.05, 0) is 38.8 Å². The first-order chi connectivity index (χ1) is 8.06. The third-order valence-electron chi connectivity index (χ3n) is 3.34. The lowest BCUT2D eigenvalue weighted by Crippen LogP contribution is -2.08. The second kappa shape index (κ2) is 4.69. The van der Waals surface area contributed by atoms with Crippen LogP contribution >= 0.6 is 11.6 Å². The molecule has 2 unspecified atom stereocenters. The Balaban J connectivity index is 2.76. The molecular weight excluding hydrogens is 232 g/mol. The Kier molecular flexibility index (Phi) is 3.43. The number of nitrogens with zero attached hydrogens (tertiary/aromatic N) is 2. The van der Waals surface area contributed by atoms with E-state index in [2.05, 4.69) is 43.5 Å². The van der Waals surface area contributed by atoms with Gasteiger partial charge in [-0.1, -0.05) is 19.1 Å². The zero-order chi connectivity index (χ0) is 12.6. The van der Waals surface area contributed by atoms with Crippen molar-refractivity contribution in [2.45, 2.75) is 45.5 Å². The molecule has 2 aromatic rings. The van der Waals surface area contributed by atoms with Crippen LogP contribution in [0.4, 0.5) is 0 Å². The van der Waals surface area contributed by atoms with Gasteiger partial charge >= 0.3 is 0 Å². The molecule has 0 saturated carbocycles. The molecule has 1 heterocycles. The summed E-state index contributed by atoms with van der Waals surface area (Å²) >= 11 is 6.25. The molecule has 0 fully saturated rings. The predicted molar refractivity (Wildman–Crippen MR) is 73.7 cm³/mol. The number of imidazole rings is 1. The number of para-hydroxylation sites is 1. The highest BCUT2D eigenvalue weighted by atomic mass is 35.5. The van der Waals surface area contributed by atoms with Gasteiger partial charge in [0, 0.05) is 6.04 Å². The van der Waals surface area contributed by atoms with Crippen LogP contribution in [0.15, 0.2) is 18.2 Å². The fourth-order valence-corrected chi connectivity index (χ4v) is 2.36. The molecule has 0 N–H and O–H groups in total. The highest BCUT2D eigenvalue weighted by Gasteiger charge is 2.18. The normalized spacial score (nSPS) is 15.1. The van der Waals surface area contributed by atoms with Crippen LogP contribution in [0, 0.1) is 6.92 Å². The molecular formula is C14H19ClN2. The van der Waals surface area contributed by atoms with Gasteiger partial charge in [0.2, 0.25) is 0 Å². The van der Waals surface area contributed by atoms with Gasteiger partial charge in [0.15, 0.2) is 0 Å². The SMILES string of the molecule is CCC(C)n1c(C(C)Cl)nc2c(C)cccc21. The summed E-state index contributed by atoms with van der Waals surface area (Å²) in [7, 11) is 0. The number of hydrogen-bond acceptors (Lipinski definition) is 1. The predicted octanol–water partition coefficient (Wildman–Crippen LogP) is 4.62. The largest absolute Gasteiger partial charge is 0.324 e. The molecule has 1 aromatic heterocycles. The van der Waals surface area contributed by atoms with Crippen LogP contribution in [0.5, 0.6) is 0 Å². The van der Waals surface area contributed by atoms with Gasteiger partial charge in [0.1, 0.15) is 5.82 Å². The molecule has 0 amide bonds. The average molecular weight is 251 g/mol.